The molecule has 0 atom stereocenters. The lowest BCUT2D eigenvalue weighted by molar-refractivity contribution is 0.741. The predicted octanol–water partition coefficient (Wildman–Crippen LogP) is 4.50. The fourth-order valence-corrected chi connectivity index (χ4v) is 3.86. The van der Waals surface area contributed by atoms with Gasteiger partial charge >= 0.3 is 14.6 Å². The second-order valence-corrected chi connectivity index (χ2v) is 9.00. The summed E-state index contributed by atoms with van der Waals surface area (Å²) in [5.41, 5.74) is 2.38. The molecule has 0 radical (unpaired) electrons. The maximum Gasteiger partial charge on any atom is 0.574 e. The number of hydrogen-bond donors (Lipinski definition) is 2. The quantitative estimate of drug-likeness (QED) is 0.798. The van der Waals surface area contributed by atoms with Crippen LogP contribution in [0.4, 0.5) is 11.4 Å². The van der Waals surface area contributed by atoms with Crippen LogP contribution >= 0.6 is 0 Å². The maximum atomic E-state index is 3.70. The van der Waals surface area contributed by atoms with Crippen molar-refractivity contribution in [3.05, 3.63) is 60.7 Å². The van der Waals surface area contributed by atoms with Crippen LogP contribution in [0, 0.1) is 0 Å². The minimum absolute atomic E-state index is 0.242. The molecule has 0 aliphatic heterocycles. The van der Waals surface area contributed by atoms with Gasteiger partial charge in [0.25, 0.3) is 0 Å². The van der Waals surface area contributed by atoms with Crippen molar-refractivity contribution in [1.82, 2.24) is 0 Å². The molecule has 0 unspecified atom stereocenters. The summed E-state index contributed by atoms with van der Waals surface area (Å²) >= 11 is -1.38. The van der Waals surface area contributed by atoms with Crippen LogP contribution in [0.25, 0.3) is 0 Å². The van der Waals surface area contributed by atoms with Gasteiger partial charge < -0.3 is 8.60 Å². The minimum atomic E-state index is -1.38. The number of rotatable bonds is 4. The van der Waals surface area contributed by atoms with Gasteiger partial charge in [0.05, 0.1) is 0 Å². The molecule has 2 nitrogen and oxygen atoms in total. The first-order chi connectivity index (χ1) is 9.05. The van der Waals surface area contributed by atoms with E-state index in [1.165, 1.54) is 11.4 Å². The summed E-state index contributed by atoms with van der Waals surface area (Å²) in [6.45, 7) is 6.86. The first kappa shape index (κ1) is 14.0. The molecule has 0 aliphatic carbocycles. The normalized spacial score (nSPS) is 10.9. The molecule has 2 rings (SSSR count). The Morgan fingerprint density at radius 3 is 1.37 bits per heavy atom. The lowest BCUT2D eigenvalue weighted by Crippen LogP contribution is -2.42. The maximum absolute atomic E-state index is 3.70. The summed E-state index contributed by atoms with van der Waals surface area (Å²) in [5.74, 6) is 0. The summed E-state index contributed by atoms with van der Waals surface area (Å²) in [7, 11) is 0. The average molecular weight is 268 g/mol. The van der Waals surface area contributed by atoms with Crippen LogP contribution in [-0.2, 0) is 0 Å². The van der Waals surface area contributed by atoms with E-state index >= 15 is 0 Å². The zero-order valence-electron chi connectivity index (χ0n) is 11.9. The van der Waals surface area contributed by atoms with E-state index in [2.05, 4.69) is 77.9 Å². The van der Waals surface area contributed by atoms with Gasteiger partial charge in [-0.25, -0.2) is 0 Å². The van der Waals surface area contributed by atoms with Gasteiger partial charge in [-0.2, -0.15) is 0 Å². The zero-order chi connectivity index (χ0) is 13.7. The Morgan fingerprint density at radius 1 is 0.684 bits per heavy atom. The van der Waals surface area contributed by atoms with Gasteiger partial charge in [-0.15, -0.1) is 0 Å². The molecule has 0 heterocycles. The summed E-state index contributed by atoms with van der Waals surface area (Å²) in [6, 6.07) is 20.9. The molecule has 0 spiro atoms. The lowest BCUT2D eigenvalue weighted by atomic mass is 10.2. The van der Waals surface area contributed by atoms with Crippen molar-refractivity contribution in [3.63, 3.8) is 0 Å². The van der Waals surface area contributed by atoms with E-state index in [0.717, 1.165) is 0 Å². The number of hydrogen-bond acceptors (Lipinski definition) is 2. The molecule has 0 saturated carbocycles. The van der Waals surface area contributed by atoms with Crippen LogP contribution in [-0.4, -0.2) is 14.6 Å². The average Bonchev–Trinajstić information content (AvgIpc) is 2.39. The van der Waals surface area contributed by atoms with Crippen molar-refractivity contribution in [2.75, 3.05) is 8.60 Å². The van der Waals surface area contributed by atoms with Crippen LogP contribution in [0.3, 0.4) is 0 Å². The Balaban J connectivity index is 2.13. The van der Waals surface area contributed by atoms with Gasteiger partial charge in [-0.3, -0.25) is 0 Å². The summed E-state index contributed by atoms with van der Waals surface area (Å²) < 4.78 is 7.63. The summed E-state index contributed by atoms with van der Waals surface area (Å²) in [5, 5.41) is 0. The van der Waals surface area contributed by atoms with E-state index in [0.29, 0.717) is 0 Å². The SMILES string of the molecule is C[C](C)(C)[Al]([NH]c1ccccc1)[NH]c1ccccc1. The van der Waals surface area contributed by atoms with Crippen molar-refractivity contribution >= 4 is 26.0 Å². The highest BCUT2D eigenvalue weighted by Gasteiger charge is 2.36. The van der Waals surface area contributed by atoms with E-state index in [1.54, 1.807) is 0 Å². The van der Waals surface area contributed by atoms with Gasteiger partial charge in [-0.05, 0) is 28.5 Å². The highest BCUT2D eigenvalue weighted by Crippen LogP contribution is 2.28. The second kappa shape index (κ2) is 6.15. The monoisotopic (exact) mass is 268 g/mol. The molecule has 0 amide bonds. The number of benzene rings is 2. The number of anilines is 2. The predicted molar refractivity (Wildman–Crippen MR) is 85.6 cm³/mol. The van der Waals surface area contributed by atoms with Gasteiger partial charge in [-0.1, -0.05) is 57.2 Å². The standard InChI is InChI=1S/2C6H6N.C4H9.Al/c2*7-6-4-2-1-3-5-6;1-4(2)3;/h2*1-5,7H;1-3H3;/q2*-1;;+2. The summed E-state index contributed by atoms with van der Waals surface area (Å²) in [4.78, 5) is 0. The molecular formula is C16H21AlN2. The fraction of sp³-hybridized carbons (Fsp3) is 0.250. The molecule has 0 aromatic heterocycles. The Kier molecular flexibility index (Phi) is 4.53. The van der Waals surface area contributed by atoms with Crippen molar-refractivity contribution in [1.29, 1.82) is 0 Å². The zero-order valence-corrected chi connectivity index (χ0v) is 13.0. The van der Waals surface area contributed by atoms with E-state index in [1.807, 2.05) is 12.1 Å². The third-order valence-electron chi connectivity index (χ3n) is 3.04. The Bertz CT molecular complexity index is 450. The minimum Gasteiger partial charge on any atom is -0.458 e. The highest BCUT2D eigenvalue weighted by molar-refractivity contribution is 6.68. The third-order valence-corrected chi connectivity index (χ3v) is 6.01. The molecular weight excluding hydrogens is 247 g/mol. The van der Waals surface area contributed by atoms with Gasteiger partial charge in [0.2, 0.25) is 0 Å². The van der Waals surface area contributed by atoms with Crippen LogP contribution in [0.5, 0.6) is 0 Å². The Morgan fingerprint density at radius 2 is 1.05 bits per heavy atom. The van der Waals surface area contributed by atoms with Gasteiger partial charge in [0.1, 0.15) is 0 Å². The number of nitrogens with one attached hydrogen (secondary N) is 2. The molecule has 2 aromatic rings. The lowest BCUT2D eigenvalue weighted by Gasteiger charge is -2.27. The van der Waals surface area contributed by atoms with Crippen molar-refractivity contribution in [3.8, 4) is 0 Å². The molecule has 2 N–H and O–H groups in total. The second-order valence-electron chi connectivity index (χ2n) is 5.82. The van der Waals surface area contributed by atoms with Crippen LogP contribution in [0.1, 0.15) is 20.8 Å². The van der Waals surface area contributed by atoms with Crippen LogP contribution in [0.15, 0.2) is 60.7 Å². The Hall–Kier alpha value is -1.43. The molecule has 3 heteroatoms. The van der Waals surface area contributed by atoms with Crippen LogP contribution in [0.2, 0.25) is 4.28 Å². The largest absolute Gasteiger partial charge is 0.574 e. The van der Waals surface area contributed by atoms with Crippen molar-refractivity contribution < 1.29 is 0 Å². The topological polar surface area (TPSA) is 24.1 Å². The Labute approximate surface area is 120 Å². The highest BCUT2D eigenvalue weighted by atomic mass is 27.2. The molecule has 0 aliphatic rings. The van der Waals surface area contributed by atoms with E-state index in [4.69, 9.17) is 0 Å². The van der Waals surface area contributed by atoms with E-state index < -0.39 is 14.6 Å². The van der Waals surface area contributed by atoms with E-state index in [9.17, 15) is 0 Å². The van der Waals surface area contributed by atoms with Crippen molar-refractivity contribution in [2.45, 2.75) is 25.0 Å². The van der Waals surface area contributed by atoms with Gasteiger partial charge in [0.15, 0.2) is 0 Å². The smallest absolute Gasteiger partial charge is 0.458 e. The van der Waals surface area contributed by atoms with Gasteiger partial charge in [0, 0.05) is 11.4 Å². The molecule has 0 saturated heterocycles. The molecule has 2 aromatic carbocycles. The van der Waals surface area contributed by atoms with Crippen LogP contribution < -0.4 is 8.60 Å². The first-order valence-electron chi connectivity index (χ1n) is 6.69. The first-order valence-corrected chi connectivity index (χ1v) is 8.42. The molecule has 19 heavy (non-hydrogen) atoms. The number of para-hydroxylation sites is 2. The summed E-state index contributed by atoms with van der Waals surface area (Å²) in [6.07, 6.45) is 0. The molecule has 0 fully saturated rings. The molecule has 98 valence electrons. The van der Waals surface area contributed by atoms with E-state index in [-0.39, 0.29) is 4.28 Å². The third kappa shape index (κ3) is 4.31. The van der Waals surface area contributed by atoms with Crippen molar-refractivity contribution in [2.24, 2.45) is 0 Å². The molecule has 0 bridgehead atoms. The fourth-order valence-electron chi connectivity index (χ4n) is 1.87.